The third kappa shape index (κ3) is 3.62. The lowest BCUT2D eigenvalue weighted by Crippen LogP contribution is -2.45. The largest absolute Gasteiger partial charge is 0.368 e. The van der Waals surface area contributed by atoms with Gasteiger partial charge in [-0.2, -0.15) is 0 Å². The predicted octanol–water partition coefficient (Wildman–Crippen LogP) is 2.95. The number of nitrogens with one attached hydrogen (secondary N) is 2. The van der Waals surface area contributed by atoms with Gasteiger partial charge >= 0.3 is 0 Å². The van der Waals surface area contributed by atoms with Gasteiger partial charge in [-0.25, -0.2) is 9.97 Å². The number of piperazine rings is 1. The average Bonchev–Trinajstić information content (AvgIpc) is 3.14. The molecule has 3 aromatic heterocycles. The topological polar surface area (TPSA) is 66.0 Å². The van der Waals surface area contributed by atoms with Crippen LogP contribution in [0.1, 0.15) is 23.3 Å². The maximum absolute atomic E-state index is 4.96. The molecule has 0 unspecified atom stereocenters. The van der Waals surface area contributed by atoms with Crippen molar-refractivity contribution < 1.29 is 0 Å². The van der Waals surface area contributed by atoms with E-state index < -0.39 is 0 Å². The molecule has 6 nitrogen and oxygen atoms in total. The molecule has 0 spiro atoms. The average molecular weight is 395 g/mol. The van der Waals surface area contributed by atoms with Crippen LogP contribution in [0.15, 0.2) is 24.5 Å². The highest BCUT2D eigenvalue weighted by Crippen LogP contribution is 2.39. The van der Waals surface area contributed by atoms with Gasteiger partial charge in [0.05, 0.1) is 5.39 Å². The summed E-state index contributed by atoms with van der Waals surface area (Å²) in [4.78, 5) is 19.2. The maximum atomic E-state index is 4.96. The van der Waals surface area contributed by atoms with E-state index in [-0.39, 0.29) is 0 Å². The van der Waals surface area contributed by atoms with E-state index in [0.717, 1.165) is 67.7 Å². The molecule has 0 aromatic carbocycles. The molecule has 28 heavy (non-hydrogen) atoms. The van der Waals surface area contributed by atoms with Crippen LogP contribution in [-0.4, -0.2) is 59.1 Å². The van der Waals surface area contributed by atoms with Crippen molar-refractivity contribution in [2.24, 2.45) is 0 Å². The molecule has 5 rings (SSSR count). The third-order valence-corrected chi connectivity index (χ3v) is 6.87. The zero-order chi connectivity index (χ0) is 18.8. The van der Waals surface area contributed by atoms with Gasteiger partial charge in [0.1, 0.15) is 10.6 Å². The van der Waals surface area contributed by atoms with Gasteiger partial charge in [-0.15, -0.1) is 11.3 Å². The fourth-order valence-corrected chi connectivity index (χ4v) is 5.44. The molecule has 1 saturated heterocycles. The number of nitrogens with zero attached hydrogens (tertiary/aromatic N) is 4. The van der Waals surface area contributed by atoms with Crippen LogP contribution in [0.2, 0.25) is 0 Å². The van der Waals surface area contributed by atoms with Crippen LogP contribution in [-0.2, 0) is 12.8 Å². The number of aryl methyl sites for hydroxylation is 2. The Morgan fingerprint density at radius 3 is 2.75 bits per heavy atom. The van der Waals surface area contributed by atoms with Crippen molar-refractivity contribution >= 4 is 27.4 Å². The number of anilines is 1. The van der Waals surface area contributed by atoms with Crippen molar-refractivity contribution in [1.29, 1.82) is 0 Å². The van der Waals surface area contributed by atoms with Crippen molar-refractivity contribution in [1.82, 2.24) is 25.2 Å². The second-order valence-corrected chi connectivity index (χ2v) is 8.62. The summed E-state index contributed by atoms with van der Waals surface area (Å²) in [6.45, 7) is 6.37. The third-order valence-electron chi connectivity index (χ3n) is 5.68. The van der Waals surface area contributed by atoms with Gasteiger partial charge < -0.3 is 10.6 Å². The van der Waals surface area contributed by atoms with Crippen molar-refractivity contribution in [3.05, 3.63) is 35.0 Å². The van der Waals surface area contributed by atoms with Gasteiger partial charge in [0.15, 0.2) is 5.82 Å². The van der Waals surface area contributed by atoms with Gasteiger partial charge in [-0.1, -0.05) is 0 Å². The zero-order valence-electron chi connectivity index (χ0n) is 16.1. The molecule has 1 aliphatic carbocycles. The summed E-state index contributed by atoms with van der Waals surface area (Å²) >= 11 is 1.86. The van der Waals surface area contributed by atoms with Crippen molar-refractivity contribution in [3.8, 4) is 11.4 Å². The molecular formula is C21H26N6S. The first-order valence-electron chi connectivity index (χ1n) is 10.3. The summed E-state index contributed by atoms with van der Waals surface area (Å²) in [5, 5.41) is 8.34. The van der Waals surface area contributed by atoms with E-state index in [0.29, 0.717) is 0 Å². The molecule has 0 amide bonds. The fourth-order valence-electron chi connectivity index (χ4n) is 4.18. The maximum Gasteiger partial charge on any atom is 0.163 e. The number of pyridine rings is 1. The van der Waals surface area contributed by atoms with Crippen molar-refractivity contribution in [3.63, 3.8) is 0 Å². The molecule has 0 bridgehead atoms. The standard InChI is InChI=1S/C21H26N6S/c1-2-4-17-16(3-1)18-20(24-11-14-27-12-9-23-10-13-27)25-19(26-21(18)28-17)15-5-7-22-8-6-15/h5-8,23H,1-4,9-14H2,(H,24,25,26). The van der Waals surface area contributed by atoms with Crippen molar-refractivity contribution in [2.45, 2.75) is 25.7 Å². The van der Waals surface area contributed by atoms with Crippen LogP contribution < -0.4 is 10.6 Å². The van der Waals surface area contributed by atoms with Crippen LogP contribution in [0.4, 0.5) is 5.82 Å². The molecule has 2 aliphatic rings. The van der Waals surface area contributed by atoms with Crippen LogP contribution in [0.25, 0.3) is 21.6 Å². The summed E-state index contributed by atoms with van der Waals surface area (Å²) in [5.74, 6) is 1.80. The SMILES string of the molecule is c1cc(-c2nc(NCCN3CCNCC3)c3c4c(sc3n2)CCCC4)ccn1. The number of aromatic nitrogens is 3. The molecule has 146 valence electrons. The first kappa shape index (κ1) is 18.0. The highest BCUT2D eigenvalue weighted by atomic mass is 32.1. The Hall–Kier alpha value is -2.09. The van der Waals surface area contributed by atoms with E-state index in [1.165, 1.54) is 35.1 Å². The molecular weight excluding hydrogens is 368 g/mol. The highest BCUT2D eigenvalue weighted by Gasteiger charge is 2.21. The molecule has 0 radical (unpaired) electrons. The van der Waals surface area contributed by atoms with Crippen LogP contribution in [0.5, 0.6) is 0 Å². The molecule has 2 N–H and O–H groups in total. The Kier molecular flexibility index (Phi) is 5.20. The monoisotopic (exact) mass is 394 g/mol. The van der Waals surface area contributed by atoms with Gasteiger partial charge in [-0.3, -0.25) is 9.88 Å². The first-order chi connectivity index (χ1) is 13.9. The lowest BCUT2D eigenvalue weighted by Gasteiger charge is -2.27. The number of hydrogen-bond donors (Lipinski definition) is 2. The van der Waals surface area contributed by atoms with Gasteiger partial charge in [-0.05, 0) is 43.4 Å². The molecule has 3 aromatic rings. The predicted molar refractivity (Wildman–Crippen MR) is 115 cm³/mol. The Labute approximate surface area is 169 Å². The normalized spacial score (nSPS) is 17.6. The van der Waals surface area contributed by atoms with E-state index in [1.807, 2.05) is 23.5 Å². The molecule has 0 saturated carbocycles. The van der Waals surface area contributed by atoms with Crippen molar-refractivity contribution in [2.75, 3.05) is 44.6 Å². The van der Waals surface area contributed by atoms with E-state index in [4.69, 9.17) is 9.97 Å². The summed E-state index contributed by atoms with van der Waals surface area (Å²) in [6.07, 6.45) is 8.50. The number of rotatable bonds is 5. The lowest BCUT2D eigenvalue weighted by molar-refractivity contribution is 0.249. The summed E-state index contributed by atoms with van der Waals surface area (Å²) < 4.78 is 0. The molecule has 4 heterocycles. The second-order valence-electron chi connectivity index (χ2n) is 7.54. The number of thiophene rings is 1. The van der Waals surface area contributed by atoms with E-state index in [2.05, 4.69) is 20.5 Å². The second kappa shape index (κ2) is 8.11. The van der Waals surface area contributed by atoms with E-state index in [1.54, 1.807) is 12.4 Å². The minimum absolute atomic E-state index is 0.790. The fraction of sp³-hybridized carbons (Fsp3) is 0.476. The van der Waals surface area contributed by atoms with Crippen LogP contribution in [0.3, 0.4) is 0 Å². The van der Waals surface area contributed by atoms with Gasteiger partial charge in [0.25, 0.3) is 0 Å². The smallest absolute Gasteiger partial charge is 0.163 e. The summed E-state index contributed by atoms with van der Waals surface area (Å²) in [7, 11) is 0. The quantitative estimate of drug-likeness (QED) is 0.694. The number of fused-ring (bicyclic) bond motifs is 3. The Morgan fingerprint density at radius 1 is 1.07 bits per heavy atom. The van der Waals surface area contributed by atoms with E-state index >= 15 is 0 Å². The minimum Gasteiger partial charge on any atom is -0.368 e. The van der Waals surface area contributed by atoms with Gasteiger partial charge in [0, 0.05) is 62.1 Å². The highest BCUT2D eigenvalue weighted by molar-refractivity contribution is 7.19. The zero-order valence-corrected chi connectivity index (χ0v) is 16.9. The van der Waals surface area contributed by atoms with Crippen LogP contribution >= 0.6 is 11.3 Å². The first-order valence-corrected chi connectivity index (χ1v) is 11.1. The minimum atomic E-state index is 0.790. The summed E-state index contributed by atoms with van der Waals surface area (Å²) in [6, 6.07) is 3.97. The number of hydrogen-bond acceptors (Lipinski definition) is 7. The molecule has 1 aliphatic heterocycles. The van der Waals surface area contributed by atoms with Crippen LogP contribution in [0, 0.1) is 0 Å². The molecule has 7 heteroatoms. The Balaban J connectivity index is 1.48. The Morgan fingerprint density at radius 2 is 1.89 bits per heavy atom. The molecule has 0 atom stereocenters. The molecule has 1 fully saturated rings. The lowest BCUT2D eigenvalue weighted by atomic mass is 9.97. The van der Waals surface area contributed by atoms with E-state index in [9.17, 15) is 0 Å². The van der Waals surface area contributed by atoms with Gasteiger partial charge in [0.2, 0.25) is 0 Å². The Bertz CT molecular complexity index is 948. The summed E-state index contributed by atoms with van der Waals surface area (Å²) in [5.41, 5.74) is 2.51.